The van der Waals surface area contributed by atoms with E-state index in [1.54, 1.807) is 55.6 Å². The lowest BCUT2D eigenvalue weighted by Gasteiger charge is -2.18. The first-order valence-electron chi connectivity index (χ1n) is 5.71. The van der Waals surface area contributed by atoms with Crippen LogP contribution in [-0.4, -0.2) is 13.0 Å². The Kier molecular flexibility index (Phi) is 3.68. The van der Waals surface area contributed by atoms with E-state index in [1.165, 1.54) is 0 Å². The number of ether oxygens (including phenoxy) is 1. The van der Waals surface area contributed by atoms with Gasteiger partial charge in [-0.15, -0.1) is 0 Å². The Bertz CT molecular complexity index is 581. The third kappa shape index (κ3) is 2.66. The summed E-state index contributed by atoms with van der Waals surface area (Å²) in [6.07, 6.45) is 0. The van der Waals surface area contributed by atoms with Crippen molar-refractivity contribution in [1.82, 2.24) is 0 Å². The molecule has 19 heavy (non-hydrogen) atoms. The molecule has 5 nitrogen and oxygen atoms in total. The molecule has 2 aromatic rings. The topological polar surface area (TPSA) is 81.6 Å². The molecule has 0 spiro atoms. The highest BCUT2D eigenvalue weighted by Gasteiger charge is 2.15. The first-order chi connectivity index (χ1) is 9.13. The lowest BCUT2D eigenvalue weighted by molar-refractivity contribution is 0.0987. The van der Waals surface area contributed by atoms with E-state index in [-0.39, 0.29) is 5.91 Å². The third-order valence-corrected chi connectivity index (χ3v) is 2.75. The van der Waals surface area contributed by atoms with Gasteiger partial charge in [-0.2, -0.15) is 0 Å². The van der Waals surface area contributed by atoms with Gasteiger partial charge in [-0.3, -0.25) is 4.79 Å². The number of rotatable bonds is 3. The van der Waals surface area contributed by atoms with Gasteiger partial charge >= 0.3 is 0 Å². The zero-order chi connectivity index (χ0) is 13.8. The normalized spacial score (nSPS) is 10.0. The van der Waals surface area contributed by atoms with Crippen LogP contribution in [0.5, 0.6) is 5.75 Å². The SMILES string of the molecule is COc1ccc(C(=O)N(N)c2ccccc2N)cc1. The first-order valence-corrected chi connectivity index (χ1v) is 5.71. The standard InChI is InChI=1S/C14H15N3O2/c1-19-11-8-6-10(7-9-11)14(18)17(16)13-5-3-2-4-12(13)15/h2-9H,15-16H2,1H3. The van der Waals surface area contributed by atoms with Crippen LogP contribution in [0.1, 0.15) is 10.4 Å². The molecule has 98 valence electrons. The Morgan fingerprint density at radius 3 is 2.32 bits per heavy atom. The first kappa shape index (κ1) is 12.9. The molecule has 0 saturated carbocycles. The van der Waals surface area contributed by atoms with Crippen LogP contribution in [0.15, 0.2) is 48.5 Å². The van der Waals surface area contributed by atoms with Gasteiger partial charge in [0, 0.05) is 5.56 Å². The van der Waals surface area contributed by atoms with Gasteiger partial charge in [0.25, 0.3) is 5.91 Å². The van der Waals surface area contributed by atoms with Gasteiger partial charge in [-0.05, 0) is 36.4 Å². The second-order valence-electron chi connectivity index (χ2n) is 3.96. The number of anilines is 2. The Morgan fingerprint density at radius 2 is 1.74 bits per heavy atom. The number of methoxy groups -OCH3 is 1. The lowest BCUT2D eigenvalue weighted by atomic mass is 10.2. The van der Waals surface area contributed by atoms with E-state index in [0.717, 1.165) is 5.01 Å². The minimum atomic E-state index is -0.333. The largest absolute Gasteiger partial charge is 0.497 e. The van der Waals surface area contributed by atoms with Crippen LogP contribution < -0.4 is 21.3 Å². The maximum atomic E-state index is 12.2. The number of nitrogen functional groups attached to an aromatic ring is 1. The van der Waals surface area contributed by atoms with Gasteiger partial charge in [-0.25, -0.2) is 10.9 Å². The molecule has 5 heteroatoms. The van der Waals surface area contributed by atoms with E-state index >= 15 is 0 Å². The quantitative estimate of drug-likeness (QED) is 0.380. The highest BCUT2D eigenvalue weighted by molar-refractivity contribution is 6.06. The molecule has 2 aromatic carbocycles. The molecule has 0 aliphatic carbocycles. The molecule has 0 aliphatic heterocycles. The maximum absolute atomic E-state index is 12.2. The van der Waals surface area contributed by atoms with Crippen molar-refractivity contribution in [2.75, 3.05) is 17.9 Å². The molecular formula is C14H15N3O2. The van der Waals surface area contributed by atoms with Crippen LogP contribution in [0.2, 0.25) is 0 Å². The van der Waals surface area contributed by atoms with Crippen LogP contribution >= 0.6 is 0 Å². The van der Waals surface area contributed by atoms with Gasteiger partial charge in [0.2, 0.25) is 0 Å². The second-order valence-corrected chi connectivity index (χ2v) is 3.96. The summed E-state index contributed by atoms with van der Waals surface area (Å²) in [5.41, 5.74) is 7.18. The minimum Gasteiger partial charge on any atom is -0.497 e. The Morgan fingerprint density at radius 1 is 1.11 bits per heavy atom. The van der Waals surface area contributed by atoms with Crippen molar-refractivity contribution >= 4 is 17.3 Å². The number of carbonyl (C=O) groups is 1. The lowest BCUT2D eigenvalue weighted by Crippen LogP contribution is -2.37. The molecule has 4 N–H and O–H groups in total. The van der Waals surface area contributed by atoms with Crippen molar-refractivity contribution in [3.8, 4) is 5.75 Å². The molecule has 0 saturated heterocycles. The van der Waals surface area contributed by atoms with Gasteiger partial charge in [0.05, 0.1) is 18.5 Å². The highest BCUT2D eigenvalue weighted by atomic mass is 16.5. The van der Waals surface area contributed by atoms with Crippen molar-refractivity contribution in [1.29, 1.82) is 0 Å². The van der Waals surface area contributed by atoms with Crippen molar-refractivity contribution in [3.05, 3.63) is 54.1 Å². The van der Waals surface area contributed by atoms with Gasteiger partial charge in [-0.1, -0.05) is 12.1 Å². The van der Waals surface area contributed by atoms with Gasteiger partial charge in [0.1, 0.15) is 5.75 Å². The van der Waals surface area contributed by atoms with Crippen LogP contribution in [0.25, 0.3) is 0 Å². The fourth-order valence-corrected chi connectivity index (χ4v) is 1.69. The second kappa shape index (κ2) is 5.41. The molecular weight excluding hydrogens is 242 g/mol. The average molecular weight is 257 g/mol. The van der Waals surface area contributed by atoms with Crippen LogP contribution in [0.4, 0.5) is 11.4 Å². The molecule has 0 unspecified atom stereocenters. The molecule has 0 radical (unpaired) electrons. The van der Waals surface area contributed by atoms with E-state index in [0.29, 0.717) is 22.7 Å². The van der Waals surface area contributed by atoms with Crippen molar-refractivity contribution in [2.45, 2.75) is 0 Å². The smallest absolute Gasteiger partial charge is 0.272 e. The average Bonchev–Trinajstić information content (AvgIpc) is 2.46. The number of hydrogen-bond acceptors (Lipinski definition) is 4. The number of benzene rings is 2. The van der Waals surface area contributed by atoms with Crippen LogP contribution in [-0.2, 0) is 0 Å². The number of hydrogen-bond donors (Lipinski definition) is 2. The Balaban J connectivity index is 2.26. The van der Waals surface area contributed by atoms with E-state index < -0.39 is 0 Å². The molecule has 0 atom stereocenters. The summed E-state index contributed by atoms with van der Waals surface area (Å²) in [4.78, 5) is 12.2. The molecule has 2 rings (SSSR count). The van der Waals surface area contributed by atoms with E-state index in [2.05, 4.69) is 0 Å². The molecule has 0 fully saturated rings. The van der Waals surface area contributed by atoms with Gasteiger partial charge in [0.15, 0.2) is 0 Å². The Labute approximate surface area is 111 Å². The molecule has 0 bridgehead atoms. The zero-order valence-electron chi connectivity index (χ0n) is 10.5. The summed E-state index contributed by atoms with van der Waals surface area (Å²) in [5.74, 6) is 6.16. The molecule has 0 aromatic heterocycles. The predicted molar refractivity (Wildman–Crippen MR) is 74.8 cm³/mol. The van der Waals surface area contributed by atoms with Crippen LogP contribution in [0, 0.1) is 0 Å². The summed E-state index contributed by atoms with van der Waals surface area (Å²) >= 11 is 0. The summed E-state index contributed by atoms with van der Waals surface area (Å²) in [6, 6.07) is 13.6. The number of nitrogens with zero attached hydrogens (tertiary/aromatic N) is 1. The van der Waals surface area contributed by atoms with E-state index in [4.69, 9.17) is 16.3 Å². The fourth-order valence-electron chi connectivity index (χ4n) is 1.69. The van der Waals surface area contributed by atoms with E-state index in [9.17, 15) is 4.79 Å². The van der Waals surface area contributed by atoms with Crippen LogP contribution in [0.3, 0.4) is 0 Å². The van der Waals surface area contributed by atoms with Crippen molar-refractivity contribution < 1.29 is 9.53 Å². The fraction of sp³-hybridized carbons (Fsp3) is 0.0714. The van der Waals surface area contributed by atoms with E-state index in [1.807, 2.05) is 0 Å². The summed E-state index contributed by atoms with van der Waals surface area (Å²) in [7, 11) is 1.57. The highest BCUT2D eigenvalue weighted by Crippen LogP contribution is 2.22. The third-order valence-electron chi connectivity index (χ3n) is 2.75. The molecule has 0 heterocycles. The number of amides is 1. The predicted octanol–water partition coefficient (Wildman–Crippen LogP) is 1.80. The monoisotopic (exact) mass is 257 g/mol. The maximum Gasteiger partial charge on any atom is 0.272 e. The Hall–Kier alpha value is -2.53. The minimum absolute atomic E-state index is 0.333. The molecule has 0 aliphatic rings. The molecule has 1 amide bonds. The summed E-state index contributed by atoms with van der Waals surface area (Å²) in [5, 5.41) is 1.04. The summed E-state index contributed by atoms with van der Waals surface area (Å²) in [6.45, 7) is 0. The zero-order valence-corrected chi connectivity index (χ0v) is 10.5. The number of hydrazine groups is 1. The van der Waals surface area contributed by atoms with Gasteiger partial charge < -0.3 is 10.5 Å². The van der Waals surface area contributed by atoms with Crippen molar-refractivity contribution in [2.24, 2.45) is 5.84 Å². The summed E-state index contributed by atoms with van der Waals surface area (Å²) < 4.78 is 5.04. The number of para-hydroxylation sites is 2. The number of carbonyl (C=O) groups excluding carboxylic acids is 1. The van der Waals surface area contributed by atoms with Crippen molar-refractivity contribution in [3.63, 3.8) is 0 Å². The number of nitrogens with two attached hydrogens (primary N) is 2.